The number of benzene rings is 5. The summed E-state index contributed by atoms with van der Waals surface area (Å²) in [5.74, 6) is -0.421. The third-order valence-corrected chi connectivity index (χ3v) is 21.0. The molecule has 0 aliphatic heterocycles. The zero-order valence-corrected chi connectivity index (χ0v) is 36.3. The maximum absolute atomic E-state index is 13.5. The van der Waals surface area contributed by atoms with Crippen LogP contribution in [0.25, 0.3) is 0 Å². The summed E-state index contributed by atoms with van der Waals surface area (Å²) >= 11 is 0. The highest BCUT2D eigenvalue weighted by Gasteiger charge is 2.52. The predicted octanol–water partition coefficient (Wildman–Crippen LogP) is 8.84. The second-order valence-electron chi connectivity index (χ2n) is 16.8. The van der Waals surface area contributed by atoms with Gasteiger partial charge in [0.25, 0.3) is 16.6 Å². The monoisotopic (exact) mass is 784 g/mol. The number of aliphatic hydroxyl groups excluding tert-OH is 1. The van der Waals surface area contributed by atoms with Gasteiger partial charge in [-0.3, -0.25) is 0 Å². The molecule has 0 saturated carbocycles. The highest BCUT2D eigenvalue weighted by Crippen LogP contribution is 2.39. The Bertz CT molecular complexity index is 1880. The van der Waals surface area contributed by atoms with Crippen LogP contribution < -0.4 is 20.7 Å². The first-order chi connectivity index (χ1) is 26.7. The van der Waals surface area contributed by atoms with Crippen molar-refractivity contribution in [1.82, 2.24) is 0 Å². The van der Waals surface area contributed by atoms with Crippen molar-refractivity contribution in [2.75, 3.05) is 6.61 Å². The number of hydrogen-bond acceptors (Lipinski definition) is 5. The molecule has 5 aromatic carbocycles. The van der Waals surface area contributed by atoms with Crippen molar-refractivity contribution < 1.29 is 23.5 Å². The van der Waals surface area contributed by atoms with Gasteiger partial charge in [-0.1, -0.05) is 188 Å². The Balaban J connectivity index is 1.38. The molecule has 5 rings (SSSR count). The van der Waals surface area contributed by atoms with Crippen LogP contribution in [0.5, 0.6) is 0 Å². The molecule has 0 heterocycles. The van der Waals surface area contributed by atoms with Crippen molar-refractivity contribution in [3.8, 4) is 0 Å². The van der Waals surface area contributed by atoms with E-state index in [1.807, 2.05) is 49.4 Å². The molecule has 1 N–H and O–H groups in total. The van der Waals surface area contributed by atoms with E-state index in [9.17, 15) is 9.90 Å². The number of carbonyl (C=O) groups is 1. The van der Waals surface area contributed by atoms with Crippen molar-refractivity contribution in [1.29, 1.82) is 0 Å². The van der Waals surface area contributed by atoms with Gasteiger partial charge in [0.1, 0.15) is 6.10 Å². The van der Waals surface area contributed by atoms with E-state index in [-0.39, 0.29) is 16.5 Å². The van der Waals surface area contributed by atoms with Gasteiger partial charge in [-0.2, -0.15) is 0 Å². The minimum absolute atomic E-state index is 0.163. The van der Waals surface area contributed by atoms with Gasteiger partial charge in [-0.15, -0.1) is 0 Å². The van der Waals surface area contributed by atoms with Gasteiger partial charge in [0.05, 0.1) is 17.8 Å². The Labute approximate surface area is 337 Å². The maximum atomic E-state index is 13.5. The van der Waals surface area contributed by atoms with E-state index in [0.717, 1.165) is 10.4 Å². The molecule has 0 saturated heterocycles. The van der Waals surface area contributed by atoms with Crippen molar-refractivity contribution in [3.63, 3.8) is 0 Å². The molecular weight excluding hydrogens is 725 g/mol. The van der Waals surface area contributed by atoms with Crippen LogP contribution in [-0.2, 0) is 13.6 Å². The third-order valence-electron chi connectivity index (χ3n) is 10.9. The summed E-state index contributed by atoms with van der Waals surface area (Å²) < 4.78 is 20.6. The minimum atomic E-state index is -2.93. The summed E-state index contributed by atoms with van der Waals surface area (Å²) in [7, 11) is -5.68. The van der Waals surface area contributed by atoms with Gasteiger partial charge >= 0.3 is 5.97 Å². The van der Waals surface area contributed by atoms with Crippen molar-refractivity contribution in [3.05, 3.63) is 169 Å². The summed E-state index contributed by atoms with van der Waals surface area (Å²) in [6, 6.07) is 51.1. The zero-order chi connectivity index (χ0) is 40.4. The van der Waals surface area contributed by atoms with Gasteiger partial charge < -0.3 is 18.7 Å². The Morgan fingerprint density at radius 1 is 0.625 bits per heavy atom. The summed E-state index contributed by atoms with van der Waals surface area (Å²) in [5.41, 5.74) is 1.11. The molecular formula is C49H60O5Si2. The van der Waals surface area contributed by atoms with Gasteiger partial charge in [0.2, 0.25) is 0 Å². The molecule has 0 radical (unpaired) electrons. The molecule has 5 aromatic rings. The van der Waals surface area contributed by atoms with Crippen LogP contribution in [0.15, 0.2) is 164 Å². The zero-order valence-electron chi connectivity index (χ0n) is 34.3. The summed E-state index contributed by atoms with van der Waals surface area (Å²) in [4.78, 5) is 13.5. The quantitative estimate of drug-likeness (QED) is 0.0442. The minimum Gasteiger partial charge on any atom is -0.454 e. The molecule has 294 valence electrons. The lowest BCUT2D eigenvalue weighted by Crippen LogP contribution is -2.68. The molecule has 0 bridgehead atoms. The van der Waals surface area contributed by atoms with Crippen molar-refractivity contribution in [2.24, 2.45) is 0 Å². The van der Waals surface area contributed by atoms with E-state index in [0.29, 0.717) is 30.6 Å². The first-order valence-corrected chi connectivity index (χ1v) is 23.7. The van der Waals surface area contributed by atoms with Crippen LogP contribution in [-0.4, -0.2) is 52.6 Å². The fraction of sp³-hybridized carbons (Fsp3) is 0.327. The SMILES string of the molecule is C=C(C[C@@H](O)[C@H](C)O[Si](c1ccccc1)(c1ccccc1)C(C)(C)C)[C@H](CCCO[Si](c1ccccc1)(c1ccccc1)C(C)(C)C)OC(=O)c1ccccc1. The van der Waals surface area contributed by atoms with Gasteiger partial charge in [0, 0.05) is 13.0 Å². The molecule has 0 fully saturated rings. The van der Waals surface area contributed by atoms with Crippen LogP contribution in [0.1, 0.15) is 78.1 Å². The van der Waals surface area contributed by atoms with E-state index in [1.165, 1.54) is 10.4 Å². The lowest BCUT2D eigenvalue weighted by atomic mass is 9.98. The average molecular weight is 785 g/mol. The average Bonchev–Trinajstić information content (AvgIpc) is 3.20. The van der Waals surface area contributed by atoms with Crippen LogP contribution in [0.3, 0.4) is 0 Å². The van der Waals surface area contributed by atoms with E-state index in [1.54, 1.807) is 12.1 Å². The van der Waals surface area contributed by atoms with Crippen LogP contribution in [0.4, 0.5) is 0 Å². The van der Waals surface area contributed by atoms with Crippen molar-refractivity contribution >= 4 is 43.4 Å². The highest BCUT2D eigenvalue weighted by atomic mass is 28.4. The topological polar surface area (TPSA) is 65.0 Å². The number of carbonyl (C=O) groups excluding carboxylic acids is 1. The molecule has 0 aromatic heterocycles. The van der Waals surface area contributed by atoms with E-state index >= 15 is 0 Å². The van der Waals surface area contributed by atoms with E-state index in [2.05, 4.69) is 145 Å². The summed E-state index contributed by atoms with van der Waals surface area (Å²) in [6.45, 7) is 20.3. The molecule has 5 nitrogen and oxygen atoms in total. The highest BCUT2D eigenvalue weighted by molar-refractivity contribution is 7.00. The molecule has 0 amide bonds. The molecule has 0 aliphatic rings. The Hall–Kier alpha value is -4.38. The normalized spacial score (nSPS) is 14.1. The Morgan fingerprint density at radius 2 is 1.00 bits per heavy atom. The molecule has 7 heteroatoms. The molecule has 0 aliphatic carbocycles. The third kappa shape index (κ3) is 9.59. The van der Waals surface area contributed by atoms with Crippen molar-refractivity contribution in [2.45, 2.75) is 96.1 Å². The fourth-order valence-corrected chi connectivity index (χ4v) is 17.3. The largest absolute Gasteiger partial charge is 0.454 e. The smallest absolute Gasteiger partial charge is 0.338 e. The van der Waals surface area contributed by atoms with Crippen LogP contribution >= 0.6 is 0 Å². The molecule has 0 unspecified atom stereocenters. The molecule has 56 heavy (non-hydrogen) atoms. The van der Waals surface area contributed by atoms with E-state index in [4.69, 9.17) is 13.6 Å². The lowest BCUT2D eigenvalue weighted by molar-refractivity contribution is 0.0230. The number of aliphatic hydroxyl groups is 1. The number of esters is 1. The molecule has 3 atom stereocenters. The fourth-order valence-electron chi connectivity index (χ4n) is 7.99. The number of hydrogen-bond donors (Lipinski definition) is 1. The first-order valence-electron chi connectivity index (χ1n) is 19.9. The Morgan fingerprint density at radius 3 is 1.39 bits per heavy atom. The second kappa shape index (κ2) is 18.7. The maximum Gasteiger partial charge on any atom is 0.338 e. The van der Waals surface area contributed by atoms with Crippen LogP contribution in [0, 0.1) is 0 Å². The number of ether oxygens (including phenoxy) is 1. The first kappa shape index (κ1) is 42.8. The molecule has 0 spiro atoms. The predicted molar refractivity (Wildman–Crippen MR) is 236 cm³/mol. The number of rotatable bonds is 17. The lowest BCUT2D eigenvalue weighted by Gasteiger charge is -2.45. The second-order valence-corrected chi connectivity index (χ2v) is 25.4. The van der Waals surface area contributed by atoms with E-state index < -0.39 is 40.9 Å². The standard InChI is InChI=1S/C49H60O5Si2/c1-38(37-45(50)39(2)54-56(49(6,7)8,43-31-20-12-21-32-43)44-33-22-13-23-34-44)46(53-47(51)40-25-14-9-15-26-40)35-24-36-52-55(48(3,4)5,41-27-16-10-17-28-41)42-29-18-11-19-30-42/h9-23,25-34,39,45-46,50H,1,24,35-37H2,2-8H3/t39-,45+,46-/m0/s1. The van der Waals surface area contributed by atoms with Gasteiger partial charge in [-0.25, -0.2) is 4.79 Å². The Kier molecular flexibility index (Phi) is 14.3. The van der Waals surface area contributed by atoms with Gasteiger partial charge in [0.15, 0.2) is 0 Å². The van der Waals surface area contributed by atoms with Crippen LogP contribution in [0.2, 0.25) is 10.1 Å². The summed E-state index contributed by atoms with van der Waals surface area (Å²) in [6.07, 6.45) is -0.744. The summed E-state index contributed by atoms with van der Waals surface area (Å²) in [5, 5.41) is 16.2. The van der Waals surface area contributed by atoms with Gasteiger partial charge in [-0.05, 0) is 68.3 Å².